The molecule has 120 valence electrons. The predicted molar refractivity (Wildman–Crippen MR) is 92.2 cm³/mol. The van der Waals surface area contributed by atoms with E-state index in [2.05, 4.69) is 15.9 Å². The summed E-state index contributed by atoms with van der Waals surface area (Å²) in [6.07, 6.45) is 0. The van der Waals surface area contributed by atoms with Crippen LogP contribution in [0.1, 0.15) is 5.56 Å². The Kier molecular flexibility index (Phi) is 5.29. The molecule has 0 aliphatic carbocycles. The highest BCUT2D eigenvalue weighted by Crippen LogP contribution is 2.21. The Balaban J connectivity index is 1.51. The number of nitrogens with zero attached hydrogens (tertiary/aromatic N) is 3. The monoisotopic (exact) mass is 339 g/mol. The van der Waals surface area contributed by atoms with E-state index in [1.165, 1.54) is 5.56 Å². The average Bonchev–Trinajstić information content (AvgIpc) is 2.93. The van der Waals surface area contributed by atoms with Crippen molar-refractivity contribution in [1.82, 2.24) is 14.7 Å². The van der Waals surface area contributed by atoms with Crippen molar-refractivity contribution < 1.29 is 4.79 Å². The summed E-state index contributed by atoms with van der Waals surface area (Å²) in [6.45, 7) is 4.42. The fourth-order valence-electron chi connectivity index (χ4n) is 3.02. The zero-order valence-electron chi connectivity index (χ0n) is 12.9. The van der Waals surface area contributed by atoms with E-state index in [-0.39, 0.29) is 6.04 Å². The number of hydrogen-bond acceptors (Lipinski definition) is 4. The zero-order chi connectivity index (χ0) is 15.5. The lowest BCUT2D eigenvalue weighted by atomic mass is 10.2. The summed E-state index contributed by atoms with van der Waals surface area (Å²) in [4.78, 5) is 19.1. The summed E-state index contributed by atoms with van der Waals surface area (Å²) in [6, 6.07) is 8.09. The second-order valence-corrected chi connectivity index (χ2v) is 7.44. The number of halogens is 1. The van der Waals surface area contributed by atoms with Crippen molar-refractivity contribution in [3.05, 3.63) is 34.9 Å². The summed E-state index contributed by atoms with van der Waals surface area (Å²) >= 11 is 7.88. The molecule has 22 heavy (non-hydrogen) atoms. The first-order chi connectivity index (χ1) is 10.6. The third-order valence-electron chi connectivity index (χ3n) is 4.37. The SMILES string of the molecule is CN1CSC[C@H]1C(=O)N1CCN(Cc2cccc(Cl)c2)CC1. The third-order valence-corrected chi connectivity index (χ3v) is 5.74. The highest BCUT2D eigenvalue weighted by Gasteiger charge is 2.33. The molecule has 2 aliphatic heterocycles. The number of hydrogen-bond donors (Lipinski definition) is 0. The number of carbonyl (C=O) groups excluding carboxylic acids is 1. The first-order valence-corrected chi connectivity index (χ1v) is 9.20. The molecule has 2 aliphatic rings. The molecular weight excluding hydrogens is 318 g/mol. The molecule has 0 spiro atoms. The van der Waals surface area contributed by atoms with Crippen LogP contribution in [0.25, 0.3) is 0 Å². The van der Waals surface area contributed by atoms with E-state index in [9.17, 15) is 4.79 Å². The summed E-state index contributed by atoms with van der Waals surface area (Å²) in [5.41, 5.74) is 1.24. The average molecular weight is 340 g/mol. The summed E-state index contributed by atoms with van der Waals surface area (Å²) in [5, 5.41) is 0.785. The first-order valence-electron chi connectivity index (χ1n) is 7.67. The molecule has 2 fully saturated rings. The number of carbonyl (C=O) groups is 1. The van der Waals surface area contributed by atoms with E-state index >= 15 is 0 Å². The van der Waals surface area contributed by atoms with Crippen LogP contribution >= 0.6 is 23.4 Å². The van der Waals surface area contributed by atoms with E-state index < -0.39 is 0 Å². The van der Waals surface area contributed by atoms with Gasteiger partial charge < -0.3 is 4.90 Å². The molecule has 0 saturated carbocycles. The van der Waals surface area contributed by atoms with Crippen LogP contribution in [0.3, 0.4) is 0 Å². The number of rotatable bonds is 3. The number of piperazine rings is 1. The quantitative estimate of drug-likeness (QED) is 0.841. The van der Waals surface area contributed by atoms with Crippen LogP contribution < -0.4 is 0 Å². The molecule has 0 N–H and O–H groups in total. The molecule has 1 aromatic carbocycles. The Morgan fingerprint density at radius 3 is 2.73 bits per heavy atom. The minimum Gasteiger partial charge on any atom is -0.339 e. The van der Waals surface area contributed by atoms with Crippen LogP contribution in [-0.4, -0.2) is 71.5 Å². The fourth-order valence-corrected chi connectivity index (χ4v) is 4.42. The van der Waals surface area contributed by atoms with Crippen LogP contribution in [0.2, 0.25) is 5.02 Å². The molecule has 1 atom stereocenters. The number of likely N-dealkylation sites (N-methyl/N-ethyl adjacent to an activating group) is 1. The topological polar surface area (TPSA) is 26.8 Å². The van der Waals surface area contributed by atoms with Gasteiger partial charge in [-0.1, -0.05) is 23.7 Å². The Labute approximate surface area is 141 Å². The van der Waals surface area contributed by atoms with Gasteiger partial charge in [0.05, 0.1) is 6.04 Å². The van der Waals surface area contributed by atoms with Crippen molar-refractivity contribution in [3.8, 4) is 0 Å². The molecule has 0 bridgehead atoms. The highest BCUT2D eigenvalue weighted by molar-refractivity contribution is 7.99. The molecule has 6 heteroatoms. The van der Waals surface area contributed by atoms with Gasteiger partial charge in [-0.2, -0.15) is 0 Å². The zero-order valence-corrected chi connectivity index (χ0v) is 14.4. The highest BCUT2D eigenvalue weighted by atomic mass is 35.5. The third kappa shape index (κ3) is 3.77. The Morgan fingerprint density at radius 2 is 2.09 bits per heavy atom. The molecule has 4 nitrogen and oxygen atoms in total. The maximum Gasteiger partial charge on any atom is 0.240 e. The largest absolute Gasteiger partial charge is 0.339 e. The maximum atomic E-state index is 12.6. The molecule has 2 heterocycles. The van der Waals surface area contributed by atoms with Crippen LogP contribution in [0.15, 0.2) is 24.3 Å². The van der Waals surface area contributed by atoms with Gasteiger partial charge >= 0.3 is 0 Å². The van der Waals surface area contributed by atoms with Crippen molar-refractivity contribution in [3.63, 3.8) is 0 Å². The van der Waals surface area contributed by atoms with Crippen molar-refractivity contribution in [2.45, 2.75) is 12.6 Å². The molecule has 1 aromatic rings. The van der Waals surface area contributed by atoms with Crippen LogP contribution in [0, 0.1) is 0 Å². The summed E-state index contributed by atoms with van der Waals surface area (Å²) in [7, 11) is 2.04. The van der Waals surface area contributed by atoms with E-state index in [1.807, 2.05) is 41.9 Å². The summed E-state index contributed by atoms with van der Waals surface area (Å²) in [5.74, 6) is 2.19. The molecule has 0 radical (unpaired) electrons. The van der Waals surface area contributed by atoms with E-state index in [0.29, 0.717) is 5.91 Å². The molecular formula is C16H22ClN3OS. The van der Waals surface area contributed by atoms with Gasteiger partial charge in [-0.15, -0.1) is 11.8 Å². The van der Waals surface area contributed by atoms with Gasteiger partial charge in [0, 0.05) is 49.4 Å². The second-order valence-electron chi connectivity index (χ2n) is 6.00. The van der Waals surface area contributed by atoms with Gasteiger partial charge in [0.2, 0.25) is 5.91 Å². The Morgan fingerprint density at radius 1 is 1.32 bits per heavy atom. The van der Waals surface area contributed by atoms with Crippen molar-refractivity contribution in [2.24, 2.45) is 0 Å². The molecule has 0 unspecified atom stereocenters. The standard InChI is InChI=1S/C16H22ClN3OS/c1-18-12-22-11-15(18)16(21)20-7-5-19(6-8-20)10-13-3-2-4-14(17)9-13/h2-4,9,15H,5-8,10-12H2,1H3/t15-/m0/s1. The first kappa shape index (κ1) is 16.1. The van der Waals surface area contributed by atoms with Crippen LogP contribution in [0.4, 0.5) is 0 Å². The molecule has 2 saturated heterocycles. The fraction of sp³-hybridized carbons (Fsp3) is 0.562. The van der Waals surface area contributed by atoms with Gasteiger partial charge in [0.1, 0.15) is 0 Å². The van der Waals surface area contributed by atoms with Crippen molar-refractivity contribution >= 4 is 29.3 Å². The van der Waals surface area contributed by atoms with Crippen LogP contribution in [-0.2, 0) is 11.3 Å². The van der Waals surface area contributed by atoms with Crippen molar-refractivity contribution in [1.29, 1.82) is 0 Å². The lowest BCUT2D eigenvalue weighted by molar-refractivity contribution is -0.137. The Hall–Kier alpha value is -0.750. The van der Waals surface area contributed by atoms with E-state index in [4.69, 9.17) is 11.6 Å². The molecule has 0 aromatic heterocycles. The van der Waals surface area contributed by atoms with Gasteiger partial charge in [0.25, 0.3) is 0 Å². The van der Waals surface area contributed by atoms with E-state index in [0.717, 1.165) is 49.4 Å². The van der Waals surface area contributed by atoms with Gasteiger partial charge in [-0.3, -0.25) is 14.6 Å². The number of thioether (sulfide) groups is 1. The lowest BCUT2D eigenvalue weighted by Gasteiger charge is -2.36. The maximum absolute atomic E-state index is 12.6. The Bertz CT molecular complexity index is 534. The number of amides is 1. The van der Waals surface area contributed by atoms with Crippen LogP contribution in [0.5, 0.6) is 0 Å². The van der Waals surface area contributed by atoms with Gasteiger partial charge in [-0.25, -0.2) is 0 Å². The van der Waals surface area contributed by atoms with Gasteiger partial charge in [0.15, 0.2) is 0 Å². The number of benzene rings is 1. The normalized spacial score (nSPS) is 23.9. The summed E-state index contributed by atoms with van der Waals surface area (Å²) < 4.78 is 0. The minimum absolute atomic E-state index is 0.0736. The van der Waals surface area contributed by atoms with Gasteiger partial charge in [-0.05, 0) is 24.7 Å². The second kappa shape index (κ2) is 7.21. The minimum atomic E-state index is 0.0736. The predicted octanol–water partition coefficient (Wildman–Crippen LogP) is 1.99. The smallest absolute Gasteiger partial charge is 0.240 e. The molecule has 3 rings (SSSR count). The van der Waals surface area contributed by atoms with E-state index in [1.54, 1.807) is 0 Å². The van der Waals surface area contributed by atoms with Crippen molar-refractivity contribution in [2.75, 3.05) is 44.9 Å². The molecule has 1 amide bonds. The lowest BCUT2D eigenvalue weighted by Crippen LogP contribution is -2.53.